The maximum absolute atomic E-state index is 13.0. The molecule has 1 saturated heterocycles. The number of carbonyl (C=O) groups excluding carboxylic acids is 2. The van der Waals surface area contributed by atoms with Crippen molar-refractivity contribution in [1.82, 2.24) is 10.2 Å². The van der Waals surface area contributed by atoms with Gasteiger partial charge in [-0.05, 0) is 28.2 Å². The van der Waals surface area contributed by atoms with Gasteiger partial charge in [-0.2, -0.15) is 0 Å². The SMILES string of the molecule is CC(C)C(CNC(=O)OCC1c2ccccc2-c2ccccc21)C(=O)N1CSC[C@H]1C(=O)O. The van der Waals surface area contributed by atoms with Crippen molar-refractivity contribution < 1.29 is 24.2 Å². The minimum atomic E-state index is -1.000. The summed E-state index contributed by atoms with van der Waals surface area (Å²) in [6.45, 7) is 4.08. The van der Waals surface area contributed by atoms with E-state index in [1.165, 1.54) is 16.7 Å². The fraction of sp³-hybridized carbons (Fsp3) is 0.400. The van der Waals surface area contributed by atoms with Gasteiger partial charge < -0.3 is 20.1 Å². The zero-order valence-electron chi connectivity index (χ0n) is 18.7. The minimum absolute atomic E-state index is 0.0383. The van der Waals surface area contributed by atoms with E-state index in [0.717, 1.165) is 22.3 Å². The Balaban J connectivity index is 1.37. The van der Waals surface area contributed by atoms with Gasteiger partial charge in [0.1, 0.15) is 12.6 Å². The topological polar surface area (TPSA) is 95.9 Å². The highest BCUT2D eigenvalue weighted by molar-refractivity contribution is 7.99. The molecule has 4 rings (SSSR count). The predicted molar refractivity (Wildman–Crippen MR) is 127 cm³/mol. The standard InChI is InChI=1S/C25H28N2O5S/c1-15(2)20(23(28)27-14-33-13-22(27)24(29)30)11-26-25(31)32-12-21-18-9-5-3-7-16(18)17-8-4-6-10-19(17)21/h3-10,15,20-22H,11-14H2,1-2H3,(H,26,31)(H,29,30)/t20?,22-/m0/s1. The highest BCUT2D eigenvalue weighted by atomic mass is 32.2. The average molecular weight is 469 g/mol. The molecule has 0 spiro atoms. The molecule has 2 N–H and O–H groups in total. The zero-order valence-corrected chi connectivity index (χ0v) is 19.5. The lowest BCUT2D eigenvalue weighted by Crippen LogP contribution is -2.48. The van der Waals surface area contributed by atoms with E-state index in [1.807, 2.05) is 38.1 Å². The summed E-state index contributed by atoms with van der Waals surface area (Å²) >= 11 is 1.42. The molecule has 1 fully saturated rings. The first-order valence-corrected chi connectivity index (χ1v) is 12.2. The van der Waals surface area contributed by atoms with E-state index >= 15 is 0 Å². The van der Waals surface area contributed by atoms with Crippen molar-refractivity contribution in [3.8, 4) is 11.1 Å². The van der Waals surface area contributed by atoms with Crippen LogP contribution in [0.1, 0.15) is 30.9 Å². The summed E-state index contributed by atoms with van der Waals surface area (Å²) in [5.74, 6) is -1.14. The number of ether oxygens (including phenoxy) is 1. The van der Waals surface area contributed by atoms with Gasteiger partial charge in [-0.1, -0.05) is 62.4 Å². The number of benzene rings is 2. The number of fused-ring (bicyclic) bond motifs is 3. The largest absolute Gasteiger partial charge is 0.480 e. The predicted octanol–water partition coefficient (Wildman–Crippen LogP) is 3.78. The Kier molecular flexibility index (Phi) is 6.93. The van der Waals surface area contributed by atoms with Crippen LogP contribution in [0.4, 0.5) is 4.79 Å². The molecule has 2 aromatic rings. The quantitative estimate of drug-likeness (QED) is 0.642. The molecule has 0 aromatic heterocycles. The number of nitrogens with one attached hydrogen (secondary N) is 1. The van der Waals surface area contributed by atoms with Crippen molar-refractivity contribution in [1.29, 1.82) is 0 Å². The highest BCUT2D eigenvalue weighted by Crippen LogP contribution is 2.44. The number of carbonyl (C=O) groups is 3. The molecule has 2 aromatic carbocycles. The van der Waals surface area contributed by atoms with Gasteiger partial charge in [0.2, 0.25) is 5.91 Å². The van der Waals surface area contributed by atoms with Crippen molar-refractivity contribution in [2.24, 2.45) is 11.8 Å². The number of carboxylic acids is 1. The Morgan fingerprint density at radius 3 is 2.27 bits per heavy atom. The molecular formula is C25H28N2O5S. The molecule has 0 saturated carbocycles. The summed E-state index contributed by atoms with van der Waals surface area (Å²) in [5.41, 5.74) is 4.58. The molecule has 1 aliphatic carbocycles. The minimum Gasteiger partial charge on any atom is -0.480 e. The molecule has 2 aliphatic rings. The smallest absolute Gasteiger partial charge is 0.407 e. The molecular weight excluding hydrogens is 440 g/mol. The average Bonchev–Trinajstić information content (AvgIpc) is 3.41. The number of thioether (sulfide) groups is 1. The van der Waals surface area contributed by atoms with Gasteiger partial charge in [-0.25, -0.2) is 9.59 Å². The molecule has 1 heterocycles. The first-order valence-electron chi connectivity index (χ1n) is 11.1. The lowest BCUT2D eigenvalue weighted by molar-refractivity contribution is -0.150. The van der Waals surface area contributed by atoms with Crippen LogP contribution in [-0.4, -0.2) is 58.8 Å². The molecule has 2 atom stereocenters. The van der Waals surface area contributed by atoms with Crippen molar-refractivity contribution >= 4 is 29.7 Å². The van der Waals surface area contributed by atoms with Crippen LogP contribution in [0.15, 0.2) is 48.5 Å². The van der Waals surface area contributed by atoms with Crippen LogP contribution >= 0.6 is 11.8 Å². The summed E-state index contributed by atoms with van der Waals surface area (Å²) in [6, 6.07) is 15.4. The van der Waals surface area contributed by atoms with Crippen LogP contribution in [0.5, 0.6) is 0 Å². The number of alkyl carbamates (subject to hydrolysis) is 1. The van der Waals surface area contributed by atoms with E-state index in [0.29, 0.717) is 11.6 Å². The Labute approximate surface area is 197 Å². The summed E-state index contributed by atoms with van der Waals surface area (Å²) in [7, 11) is 0. The molecule has 1 unspecified atom stereocenters. The van der Waals surface area contributed by atoms with E-state index in [9.17, 15) is 19.5 Å². The summed E-state index contributed by atoms with van der Waals surface area (Å²) in [6.07, 6.45) is -0.583. The molecule has 0 bridgehead atoms. The highest BCUT2D eigenvalue weighted by Gasteiger charge is 2.38. The third kappa shape index (κ3) is 4.71. The number of nitrogens with zero attached hydrogens (tertiary/aromatic N) is 1. The number of hydrogen-bond donors (Lipinski definition) is 2. The van der Waals surface area contributed by atoms with Crippen LogP contribution in [0.25, 0.3) is 11.1 Å². The molecule has 2 amide bonds. The molecule has 33 heavy (non-hydrogen) atoms. The summed E-state index contributed by atoms with van der Waals surface area (Å²) < 4.78 is 5.56. The fourth-order valence-corrected chi connectivity index (χ4v) is 5.68. The second-order valence-corrected chi connectivity index (χ2v) is 9.72. The van der Waals surface area contributed by atoms with Crippen molar-refractivity contribution in [2.75, 3.05) is 24.8 Å². The monoisotopic (exact) mass is 468 g/mol. The molecule has 7 nitrogen and oxygen atoms in total. The number of aliphatic carboxylic acids is 1. The first-order chi connectivity index (χ1) is 15.9. The second kappa shape index (κ2) is 9.87. The van der Waals surface area contributed by atoms with Crippen LogP contribution in [0, 0.1) is 11.8 Å². The third-order valence-corrected chi connectivity index (χ3v) is 7.39. The van der Waals surface area contributed by atoms with Gasteiger partial charge in [0, 0.05) is 18.2 Å². The van der Waals surface area contributed by atoms with Gasteiger partial charge in [0.05, 0.1) is 11.8 Å². The molecule has 1 aliphatic heterocycles. The van der Waals surface area contributed by atoms with E-state index < -0.39 is 24.0 Å². The normalized spacial score (nSPS) is 18.0. The Morgan fingerprint density at radius 2 is 1.70 bits per heavy atom. The molecule has 174 valence electrons. The lowest BCUT2D eigenvalue weighted by Gasteiger charge is -2.28. The Morgan fingerprint density at radius 1 is 1.09 bits per heavy atom. The Hall–Kier alpha value is -3.00. The van der Waals surface area contributed by atoms with Gasteiger partial charge in [-0.15, -0.1) is 11.8 Å². The van der Waals surface area contributed by atoms with E-state index in [4.69, 9.17) is 4.74 Å². The van der Waals surface area contributed by atoms with Gasteiger partial charge in [-0.3, -0.25) is 4.79 Å². The van der Waals surface area contributed by atoms with Crippen molar-refractivity contribution in [2.45, 2.75) is 25.8 Å². The van der Waals surface area contributed by atoms with Crippen LogP contribution in [-0.2, 0) is 14.3 Å². The summed E-state index contributed by atoms with van der Waals surface area (Å²) in [5, 5.41) is 12.1. The van der Waals surface area contributed by atoms with E-state index in [-0.39, 0.29) is 30.9 Å². The number of rotatable bonds is 7. The second-order valence-electron chi connectivity index (χ2n) is 8.72. The lowest BCUT2D eigenvalue weighted by atomic mass is 9.94. The fourth-order valence-electron chi connectivity index (χ4n) is 4.53. The molecule has 8 heteroatoms. The number of amides is 2. The van der Waals surface area contributed by atoms with Gasteiger partial charge in [0.25, 0.3) is 0 Å². The zero-order chi connectivity index (χ0) is 23.5. The Bertz CT molecular complexity index is 1010. The van der Waals surface area contributed by atoms with Crippen molar-refractivity contribution in [3.05, 3.63) is 59.7 Å². The van der Waals surface area contributed by atoms with Gasteiger partial charge >= 0.3 is 12.1 Å². The maximum atomic E-state index is 13.0. The van der Waals surface area contributed by atoms with Crippen LogP contribution in [0.3, 0.4) is 0 Å². The number of carboxylic acid groups (broad SMARTS) is 1. The van der Waals surface area contributed by atoms with E-state index in [1.54, 1.807) is 0 Å². The van der Waals surface area contributed by atoms with Crippen LogP contribution < -0.4 is 5.32 Å². The molecule has 0 radical (unpaired) electrons. The maximum Gasteiger partial charge on any atom is 0.407 e. The number of hydrogen-bond acceptors (Lipinski definition) is 5. The first kappa shape index (κ1) is 23.2. The van der Waals surface area contributed by atoms with Crippen molar-refractivity contribution in [3.63, 3.8) is 0 Å². The van der Waals surface area contributed by atoms with E-state index in [2.05, 4.69) is 29.6 Å². The third-order valence-electron chi connectivity index (χ3n) is 6.38. The van der Waals surface area contributed by atoms with Crippen LogP contribution in [0.2, 0.25) is 0 Å². The van der Waals surface area contributed by atoms with Gasteiger partial charge in [0.15, 0.2) is 0 Å². The summed E-state index contributed by atoms with van der Waals surface area (Å²) in [4.78, 5) is 38.4.